The molecule has 0 saturated carbocycles. The van der Waals surface area contributed by atoms with Crippen molar-refractivity contribution in [3.05, 3.63) is 39.9 Å². The Bertz CT molecular complexity index is 716. The van der Waals surface area contributed by atoms with Crippen LogP contribution in [0.15, 0.2) is 28.6 Å². The van der Waals surface area contributed by atoms with E-state index in [4.69, 9.17) is 5.73 Å². The predicted octanol–water partition coefficient (Wildman–Crippen LogP) is 1.28. The molecule has 9 nitrogen and oxygen atoms in total. The van der Waals surface area contributed by atoms with Crippen LogP contribution in [0, 0.1) is 10.1 Å². The van der Waals surface area contributed by atoms with Crippen LogP contribution < -0.4 is 11.1 Å². The molecule has 2 rings (SSSR count). The maximum atomic E-state index is 11.9. The van der Waals surface area contributed by atoms with Crippen LogP contribution in [0.1, 0.15) is 10.4 Å². The zero-order chi connectivity index (χ0) is 16.1. The van der Waals surface area contributed by atoms with Crippen molar-refractivity contribution in [1.29, 1.82) is 0 Å². The molecule has 0 fully saturated rings. The molecule has 2 aromatic rings. The standard InChI is InChI=1S/C11H9N5O4S2/c12-8(17)5-21-11-15-14-10(22-11)13-9(18)6-1-3-7(4-2-6)16(19)20/h1-4H,5H2,(H2,12,17)(H,13,14,18). The largest absolute Gasteiger partial charge is 0.369 e. The minimum absolute atomic E-state index is 0.0743. The highest BCUT2D eigenvalue weighted by Gasteiger charge is 2.12. The monoisotopic (exact) mass is 339 g/mol. The Labute approximate surface area is 132 Å². The average molecular weight is 339 g/mol. The molecule has 1 aromatic heterocycles. The lowest BCUT2D eigenvalue weighted by Gasteiger charge is -2.00. The zero-order valence-corrected chi connectivity index (χ0v) is 12.5. The highest BCUT2D eigenvalue weighted by atomic mass is 32.2. The van der Waals surface area contributed by atoms with E-state index >= 15 is 0 Å². The molecule has 0 bridgehead atoms. The molecule has 22 heavy (non-hydrogen) atoms. The summed E-state index contributed by atoms with van der Waals surface area (Å²) in [6.07, 6.45) is 0. The van der Waals surface area contributed by atoms with Crippen molar-refractivity contribution in [2.75, 3.05) is 11.1 Å². The number of nitrogens with one attached hydrogen (secondary N) is 1. The van der Waals surface area contributed by atoms with Crippen molar-refractivity contribution in [2.45, 2.75) is 4.34 Å². The summed E-state index contributed by atoms with van der Waals surface area (Å²) < 4.78 is 0.498. The second kappa shape index (κ2) is 6.95. The Morgan fingerprint density at radius 3 is 2.59 bits per heavy atom. The van der Waals surface area contributed by atoms with Crippen molar-refractivity contribution in [3.8, 4) is 0 Å². The van der Waals surface area contributed by atoms with Gasteiger partial charge in [-0.25, -0.2) is 0 Å². The van der Waals surface area contributed by atoms with Gasteiger partial charge in [-0.1, -0.05) is 23.1 Å². The summed E-state index contributed by atoms with van der Waals surface area (Å²) in [5, 5.41) is 20.9. The SMILES string of the molecule is NC(=O)CSc1nnc(NC(=O)c2ccc([N+](=O)[O-])cc2)s1. The molecule has 2 amide bonds. The molecule has 0 saturated heterocycles. The number of primary amides is 1. The van der Waals surface area contributed by atoms with Gasteiger partial charge in [-0.2, -0.15) is 0 Å². The number of hydrogen-bond donors (Lipinski definition) is 2. The number of benzene rings is 1. The van der Waals surface area contributed by atoms with E-state index in [9.17, 15) is 19.7 Å². The molecular weight excluding hydrogens is 330 g/mol. The maximum Gasteiger partial charge on any atom is 0.269 e. The first-order valence-corrected chi connectivity index (χ1v) is 7.56. The molecule has 1 aromatic carbocycles. The molecule has 3 N–H and O–H groups in total. The minimum Gasteiger partial charge on any atom is -0.369 e. The summed E-state index contributed by atoms with van der Waals surface area (Å²) in [6.45, 7) is 0. The summed E-state index contributed by atoms with van der Waals surface area (Å²) in [6, 6.07) is 5.17. The number of thioether (sulfide) groups is 1. The normalized spacial score (nSPS) is 10.2. The van der Waals surface area contributed by atoms with E-state index in [2.05, 4.69) is 15.5 Å². The number of aromatic nitrogens is 2. The third kappa shape index (κ3) is 4.23. The van der Waals surface area contributed by atoms with Crippen LogP contribution in [0.4, 0.5) is 10.8 Å². The molecule has 11 heteroatoms. The van der Waals surface area contributed by atoms with E-state index in [1.54, 1.807) is 0 Å². The first-order chi connectivity index (χ1) is 10.5. The molecule has 0 unspecified atom stereocenters. The van der Waals surface area contributed by atoms with E-state index < -0.39 is 16.7 Å². The third-order valence-corrected chi connectivity index (χ3v) is 4.30. The Morgan fingerprint density at radius 1 is 1.32 bits per heavy atom. The first kappa shape index (κ1) is 15.9. The van der Waals surface area contributed by atoms with Gasteiger partial charge < -0.3 is 5.73 Å². The number of nitro benzene ring substituents is 1. The van der Waals surface area contributed by atoms with Crippen LogP contribution in [-0.4, -0.2) is 32.7 Å². The number of nitrogens with two attached hydrogens (primary N) is 1. The van der Waals surface area contributed by atoms with Crippen LogP contribution in [-0.2, 0) is 4.79 Å². The lowest BCUT2D eigenvalue weighted by molar-refractivity contribution is -0.384. The van der Waals surface area contributed by atoms with Gasteiger partial charge in [-0.05, 0) is 12.1 Å². The minimum atomic E-state index is -0.547. The number of nitro groups is 1. The van der Waals surface area contributed by atoms with Gasteiger partial charge in [0.25, 0.3) is 11.6 Å². The molecule has 0 atom stereocenters. The number of non-ortho nitro benzene ring substituents is 1. The van der Waals surface area contributed by atoms with E-state index in [0.717, 1.165) is 23.1 Å². The molecule has 0 aliphatic heterocycles. The van der Waals surface area contributed by atoms with Gasteiger partial charge >= 0.3 is 0 Å². The van der Waals surface area contributed by atoms with Gasteiger partial charge in [0.05, 0.1) is 10.7 Å². The van der Waals surface area contributed by atoms with Crippen LogP contribution in [0.2, 0.25) is 0 Å². The number of carbonyl (C=O) groups is 2. The van der Waals surface area contributed by atoms with Crippen LogP contribution in [0.5, 0.6) is 0 Å². The third-order valence-electron chi connectivity index (χ3n) is 2.31. The van der Waals surface area contributed by atoms with Gasteiger partial charge in [0.2, 0.25) is 11.0 Å². The van der Waals surface area contributed by atoms with Crippen LogP contribution in [0.25, 0.3) is 0 Å². The lowest BCUT2D eigenvalue weighted by Crippen LogP contribution is -2.12. The van der Waals surface area contributed by atoms with Gasteiger partial charge in [-0.3, -0.25) is 25.0 Å². The van der Waals surface area contributed by atoms with Gasteiger partial charge in [0, 0.05) is 17.7 Å². The maximum absolute atomic E-state index is 11.9. The van der Waals surface area contributed by atoms with Crippen molar-refractivity contribution in [1.82, 2.24) is 10.2 Å². The molecule has 0 radical (unpaired) electrons. The Morgan fingerprint density at radius 2 is 2.00 bits per heavy atom. The van der Waals surface area contributed by atoms with E-state index in [1.165, 1.54) is 24.3 Å². The highest BCUT2D eigenvalue weighted by Crippen LogP contribution is 2.25. The first-order valence-electron chi connectivity index (χ1n) is 5.76. The number of nitrogens with zero attached hydrogens (tertiary/aromatic N) is 3. The Balaban J connectivity index is 1.99. The molecule has 0 aliphatic carbocycles. The zero-order valence-electron chi connectivity index (χ0n) is 10.9. The van der Waals surface area contributed by atoms with Gasteiger partial charge in [-0.15, -0.1) is 10.2 Å². The van der Waals surface area contributed by atoms with E-state index in [1.807, 2.05) is 0 Å². The molecule has 0 spiro atoms. The number of rotatable bonds is 6. The summed E-state index contributed by atoms with van der Waals surface area (Å²) in [5.41, 5.74) is 5.17. The number of carbonyl (C=O) groups excluding carboxylic acids is 2. The van der Waals surface area contributed by atoms with Crippen LogP contribution >= 0.6 is 23.1 Å². The topological polar surface area (TPSA) is 141 Å². The summed E-state index contributed by atoms with van der Waals surface area (Å²) in [5.74, 6) is -0.862. The molecule has 1 heterocycles. The Kier molecular flexibility index (Phi) is 5.01. The van der Waals surface area contributed by atoms with Gasteiger partial charge in [0.1, 0.15) is 0 Å². The lowest BCUT2D eigenvalue weighted by atomic mass is 10.2. The van der Waals surface area contributed by atoms with Gasteiger partial charge in [0.15, 0.2) is 4.34 Å². The quantitative estimate of drug-likeness (QED) is 0.349. The molecule has 114 valence electrons. The van der Waals surface area contributed by atoms with E-state index in [0.29, 0.717) is 4.34 Å². The van der Waals surface area contributed by atoms with Crippen molar-refractivity contribution >= 4 is 45.7 Å². The average Bonchev–Trinajstić information content (AvgIpc) is 2.92. The van der Waals surface area contributed by atoms with Crippen LogP contribution in [0.3, 0.4) is 0 Å². The van der Waals surface area contributed by atoms with Crippen molar-refractivity contribution in [3.63, 3.8) is 0 Å². The summed E-state index contributed by atoms with van der Waals surface area (Å²) >= 11 is 2.22. The highest BCUT2D eigenvalue weighted by molar-refractivity contribution is 8.01. The fourth-order valence-electron chi connectivity index (χ4n) is 1.36. The van der Waals surface area contributed by atoms with E-state index in [-0.39, 0.29) is 22.1 Å². The summed E-state index contributed by atoms with van der Waals surface area (Å²) in [7, 11) is 0. The second-order valence-electron chi connectivity index (χ2n) is 3.89. The fraction of sp³-hybridized carbons (Fsp3) is 0.0909. The number of amides is 2. The molecule has 0 aliphatic rings. The Hall–Kier alpha value is -2.53. The number of anilines is 1. The smallest absolute Gasteiger partial charge is 0.269 e. The summed E-state index contributed by atoms with van der Waals surface area (Å²) in [4.78, 5) is 32.6. The predicted molar refractivity (Wildman–Crippen MR) is 80.9 cm³/mol. The van der Waals surface area contributed by atoms with Crippen molar-refractivity contribution in [2.24, 2.45) is 5.73 Å². The fourth-order valence-corrected chi connectivity index (χ4v) is 2.84. The van der Waals surface area contributed by atoms with Crippen molar-refractivity contribution < 1.29 is 14.5 Å². The number of hydrogen-bond acceptors (Lipinski definition) is 8. The second-order valence-corrected chi connectivity index (χ2v) is 6.09. The molecular formula is C11H9N5O4S2.